The normalized spacial score (nSPS) is 14.9. The largest absolute Gasteiger partial charge is 0.360 e. The summed E-state index contributed by atoms with van der Waals surface area (Å²) in [6, 6.07) is 9.95. The van der Waals surface area contributed by atoms with Gasteiger partial charge in [0.1, 0.15) is 12.1 Å². The summed E-state index contributed by atoms with van der Waals surface area (Å²) in [7, 11) is 0. The predicted molar refractivity (Wildman–Crippen MR) is 128 cm³/mol. The van der Waals surface area contributed by atoms with E-state index in [-0.39, 0.29) is 11.9 Å². The van der Waals surface area contributed by atoms with E-state index in [1.807, 2.05) is 30.5 Å². The number of aromatic amines is 1. The Labute approximate surface area is 195 Å². The number of nitrogens with zero attached hydrogens (tertiary/aromatic N) is 5. The Hall–Kier alpha value is -3.56. The maximum Gasteiger partial charge on any atom is 0.239 e. The van der Waals surface area contributed by atoms with E-state index in [1.54, 1.807) is 18.5 Å². The molecule has 0 spiro atoms. The highest BCUT2D eigenvalue weighted by Gasteiger charge is 2.22. The Kier molecular flexibility index (Phi) is 6.14. The lowest BCUT2D eigenvalue weighted by atomic mass is 10.1. The van der Waals surface area contributed by atoms with Crippen LogP contribution in [0.2, 0.25) is 5.02 Å². The van der Waals surface area contributed by atoms with Crippen LogP contribution in [-0.4, -0.2) is 61.4 Å². The fourth-order valence-corrected chi connectivity index (χ4v) is 4.25. The second-order valence-corrected chi connectivity index (χ2v) is 8.38. The van der Waals surface area contributed by atoms with Gasteiger partial charge in [-0.1, -0.05) is 29.8 Å². The third kappa shape index (κ3) is 4.94. The SMILES string of the molecule is O=C(CN1CCC(Nc2ncc(Cl)c(-c3c[nH]c4ccccc34)n2)CC1)Nc1ccncn1. The van der Waals surface area contributed by atoms with E-state index < -0.39 is 0 Å². The summed E-state index contributed by atoms with van der Waals surface area (Å²) in [5, 5.41) is 7.81. The van der Waals surface area contributed by atoms with Crippen molar-refractivity contribution >= 4 is 40.2 Å². The molecule has 168 valence electrons. The molecule has 0 radical (unpaired) electrons. The number of hydrogen-bond donors (Lipinski definition) is 3. The van der Waals surface area contributed by atoms with Crippen LogP contribution in [0.3, 0.4) is 0 Å². The summed E-state index contributed by atoms with van der Waals surface area (Å²) in [6.07, 6.45) is 8.34. The minimum atomic E-state index is -0.0792. The Morgan fingerprint density at radius 3 is 2.85 bits per heavy atom. The van der Waals surface area contributed by atoms with Crippen LogP contribution in [0.25, 0.3) is 22.2 Å². The number of H-pyrrole nitrogens is 1. The summed E-state index contributed by atoms with van der Waals surface area (Å²) in [5.74, 6) is 0.988. The summed E-state index contributed by atoms with van der Waals surface area (Å²) >= 11 is 6.44. The van der Waals surface area contributed by atoms with Crippen molar-refractivity contribution in [3.8, 4) is 11.3 Å². The molecule has 1 aliphatic rings. The summed E-state index contributed by atoms with van der Waals surface area (Å²) < 4.78 is 0. The van der Waals surface area contributed by atoms with Crippen molar-refractivity contribution in [1.29, 1.82) is 0 Å². The van der Waals surface area contributed by atoms with Crippen LogP contribution in [0.15, 0.2) is 55.2 Å². The van der Waals surface area contributed by atoms with Gasteiger partial charge in [-0.15, -0.1) is 0 Å². The van der Waals surface area contributed by atoms with Gasteiger partial charge in [-0.3, -0.25) is 9.69 Å². The first-order valence-electron chi connectivity index (χ1n) is 10.8. The van der Waals surface area contributed by atoms with Gasteiger partial charge in [0.05, 0.1) is 23.5 Å². The van der Waals surface area contributed by atoms with Crippen LogP contribution in [0.1, 0.15) is 12.8 Å². The number of fused-ring (bicyclic) bond motifs is 1. The van der Waals surface area contributed by atoms with Crippen molar-refractivity contribution in [3.63, 3.8) is 0 Å². The first kappa shape index (κ1) is 21.3. The number of anilines is 2. The molecule has 1 aromatic carbocycles. The third-order valence-corrected chi connectivity index (χ3v) is 6.00. The van der Waals surface area contributed by atoms with Gasteiger partial charge in [-0.25, -0.2) is 19.9 Å². The lowest BCUT2D eigenvalue weighted by Crippen LogP contribution is -2.42. The van der Waals surface area contributed by atoms with E-state index in [0.717, 1.165) is 42.4 Å². The Morgan fingerprint density at radius 1 is 1.18 bits per heavy atom. The molecule has 10 heteroatoms. The molecule has 9 nitrogen and oxygen atoms in total. The number of carbonyl (C=O) groups excluding carboxylic acids is 1. The number of para-hydroxylation sites is 1. The Morgan fingerprint density at radius 2 is 2.03 bits per heavy atom. The highest BCUT2D eigenvalue weighted by molar-refractivity contribution is 6.33. The number of nitrogens with one attached hydrogen (secondary N) is 3. The molecular formula is C23H23ClN8O. The molecule has 33 heavy (non-hydrogen) atoms. The number of hydrogen-bond acceptors (Lipinski definition) is 7. The lowest BCUT2D eigenvalue weighted by Gasteiger charge is -2.31. The highest BCUT2D eigenvalue weighted by Crippen LogP contribution is 2.32. The van der Waals surface area contributed by atoms with E-state index in [1.165, 1.54) is 6.33 Å². The minimum Gasteiger partial charge on any atom is -0.360 e. The molecule has 0 bridgehead atoms. The Bertz CT molecular complexity index is 1250. The monoisotopic (exact) mass is 462 g/mol. The zero-order valence-corrected chi connectivity index (χ0v) is 18.6. The summed E-state index contributed by atoms with van der Waals surface area (Å²) in [6.45, 7) is 1.94. The van der Waals surface area contributed by atoms with Crippen LogP contribution in [-0.2, 0) is 4.79 Å². The zero-order chi connectivity index (χ0) is 22.6. The number of amides is 1. The summed E-state index contributed by atoms with van der Waals surface area (Å²) in [4.78, 5) is 34.6. The van der Waals surface area contributed by atoms with Gasteiger partial charge in [0, 0.05) is 48.0 Å². The summed E-state index contributed by atoms with van der Waals surface area (Å²) in [5.41, 5.74) is 2.68. The number of aromatic nitrogens is 5. The zero-order valence-electron chi connectivity index (χ0n) is 17.8. The van der Waals surface area contributed by atoms with Crippen molar-refractivity contribution in [2.24, 2.45) is 0 Å². The first-order valence-corrected chi connectivity index (χ1v) is 11.2. The lowest BCUT2D eigenvalue weighted by molar-refractivity contribution is -0.117. The molecule has 4 heterocycles. The molecule has 0 aliphatic carbocycles. The van der Waals surface area contributed by atoms with Gasteiger partial charge in [0.25, 0.3) is 0 Å². The van der Waals surface area contributed by atoms with Crippen LogP contribution in [0.4, 0.5) is 11.8 Å². The van der Waals surface area contributed by atoms with Crippen LogP contribution < -0.4 is 10.6 Å². The van der Waals surface area contributed by atoms with Crippen molar-refractivity contribution in [2.75, 3.05) is 30.3 Å². The molecule has 0 atom stereocenters. The van der Waals surface area contributed by atoms with Crippen molar-refractivity contribution in [3.05, 3.63) is 60.3 Å². The van der Waals surface area contributed by atoms with E-state index in [0.29, 0.717) is 29.0 Å². The first-order chi connectivity index (χ1) is 16.2. The van der Waals surface area contributed by atoms with Gasteiger partial charge >= 0.3 is 0 Å². The molecule has 3 N–H and O–H groups in total. The second kappa shape index (κ2) is 9.51. The number of piperidine rings is 1. The van der Waals surface area contributed by atoms with Gasteiger partial charge in [-0.2, -0.15) is 0 Å². The molecule has 1 amide bonds. The van der Waals surface area contributed by atoms with Crippen LogP contribution in [0.5, 0.6) is 0 Å². The van der Waals surface area contributed by atoms with Gasteiger partial charge in [0.15, 0.2) is 0 Å². The van der Waals surface area contributed by atoms with E-state index in [2.05, 4.69) is 35.5 Å². The van der Waals surface area contributed by atoms with Gasteiger partial charge < -0.3 is 15.6 Å². The van der Waals surface area contributed by atoms with E-state index >= 15 is 0 Å². The van der Waals surface area contributed by atoms with E-state index in [4.69, 9.17) is 16.6 Å². The molecule has 4 aromatic rings. The average Bonchev–Trinajstić information content (AvgIpc) is 3.26. The molecule has 1 saturated heterocycles. The molecular weight excluding hydrogens is 440 g/mol. The number of rotatable bonds is 6. The van der Waals surface area contributed by atoms with Gasteiger partial charge in [-0.05, 0) is 25.0 Å². The van der Waals surface area contributed by atoms with Crippen LogP contribution in [0, 0.1) is 0 Å². The van der Waals surface area contributed by atoms with E-state index in [9.17, 15) is 4.79 Å². The van der Waals surface area contributed by atoms with Gasteiger partial charge in [0.2, 0.25) is 11.9 Å². The molecule has 0 unspecified atom stereocenters. The van der Waals surface area contributed by atoms with Crippen molar-refractivity contribution < 1.29 is 4.79 Å². The quantitative estimate of drug-likeness (QED) is 0.401. The van der Waals surface area contributed by atoms with Crippen LogP contribution >= 0.6 is 11.6 Å². The second-order valence-electron chi connectivity index (χ2n) is 7.98. The predicted octanol–water partition coefficient (Wildman–Crippen LogP) is 3.58. The average molecular weight is 463 g/mol. The molecule has 0 saturated carbocycles. The molecule has 5 rings (SSSR count). The smallest absolute Gasteiger partial charge is 0.239 e. The number of halogens is 1. The Balaban J connectivity index is 1.19. The number of likely N-dealkylation sites (tertiary alicyclic amines) is 1. The third-order valence-electron chi connectivity index (χ3n) is 5.73. The van der Waals surface area contributed by atoms with Crippen molar-refractivity contribution in [1.82, 2.24) is 29.8 Å². The fourth-order valence-electron chi connectivity index (χ4n) is 4.06. The fraction of sp³-hybridized carbons (Fsp3) is 0.261. The minimum absolute atomic E-state index is 0.0792. The molecule has 3 aromatic heterocycles. The number of benzene rings is 1. The molecule has 1 fully saturated rings. The highest BCUT2D eigenvalue weighted by atomic mass is 35.5. The maximum absolute atomic E-state index is 12.3. The van der Waals surface area contributed by atoms with Crippen molar-refractivity contribution in [2.45, 2.75) is 18.9 Å². The maximum atomic E-state index is 12.3. The number of carbonyl (C=O) groups is 1. The molecule has 1 aliphatic heterocycles. The standard InChI is InChI=1S/C23H23ClN8O/c24-18-12-27-23(31-22(18)17-11-26-19-4-2-1-3-16(17)19)29-15-6-9-32(10-7-15)13-21(33)30-20-5-8-25-14-28-20/h1-5,8,11-12,14-15,26H,6-7,9-10,13H2,(H,27,29,31)(H,25,28,30,33). The topological polar surface area (TPSA) is 112 Å².